The minimum absolute atomic E-state index is 0.268. The predicted molar refractivity (Wildman–Crippen MR) is 139 cm³/mol. The average Bonchev–Trinajstić information content (AvgIpc) is 3.45. The van der Waals surface area contributed by atoms with E-state index >= 15 is 0 Å². The molecule has 0 unspecified atom stereocenters. The minimum Gasteiger partial charge on any atom is -0.491 e. The van der Waals surface area contributed by atoms with E-state index in [1.54, 1.807) is 11.3 Å². The minimum atomic E-state index is -0.547. The van der Waals surface area contributed by atoms with E-state index in [0.29, 0.717) is 12.6 Å². The van der Waals surface area contributed by atoms with Gasteiger partial charge in [-0.25, -0.2) is 4.98 Å². The molecule has 5 rings (SSSR count). The van der Waals surface area contributed by atoms with E-state index in [9.17, 15) is 5.11 Å². The van der Waals surface area contributed by atoms with Gasteiger partial charge in [0.05, 0.1) is 20.9 Å². The molecular formula is C27H32N4O3S. The maximum absolute atomic E-state index is 10.6. The molecule has 1 fully saturated rings. The molecule has 0 saturated carbocycles. The fraction of sp³-hybridized carbons (Fsp3) is 0.407. The summed E-state index contributed by atoms with van der Waals surface area (Å²) >= 11 is 1.67. The first kappa shape index (κ1) is 23.9. The number of aryl methyl sites for hydroxylation is 2. The van der Waals surface area contributed by atoms with Crippen LogP contribution in [-0.4, -0.2) is 70.0 Å². The van der Waals surface area contributed by atoms with E-state index in [1.165, 1.54) is 5.56 Å². The summed E-state index contributed by atoms with van der Waals surface area (Å²) in [4.78, 5) is 9.24. The molecular weight excluding hydrogens is 460 g/mol. The quantitative estimate of drug-likeness (QED) is 0.388. The average molecular weight is 493 g/mol. The number of fused-ring (bicyclic) bond motifs is 1. The van der Waals surface area contributed by atoms with Gasteiger partial charge in [-0.1, -0.05) is 35.0 Å². The number of benzene rings is 2. The van der Waals surface area contributed by atoms with Crippen molar-refractivity contribution in [2.24, 2.45) is 0 Å². The number of hydrogen-bond donors (Lipinski definition) is 1. The molecule has 0 aliphatic carbocycles. The lowest BCUT2D eigenvalue weighted by molar-refractivity contribution is 0.0250. The van der Waals surface area contributed by atoms with E-state index in [0.717, 1.165) is 64.2 Å². The summed E-state index contributed by atoms with van der Waals surface area (Å²) in [5, 5.41) is 15.9. The van der Waals surface area contributed by atoms with Crippen LogP contribution in [0.2, 0.25) is 0 Å². The summed E-state index contributed by atoms with van der Waals surface area (Å²) in [5.41, 5.74) is 4.17. The molecule has 0 bridgehead atoms. The molecule has 2 aromatic carbocycles. The highest BCUT2D eigenvalue weighted by Gasteiger charge is 2.26. The maximum atomic E-state index is 10.6. The lowest BCUT2D eigenvalue weighted by atomic mass is 10.1. The fourth-order valence-electron chi connectivity index (χ4n) is 4.58. The Hall–Kier alpha value is -2.78. The summed E-state index contributed by atoms with van der Waals surface area (Å²) in [6.45, 7) is 10.6. The number of β-amino-alcohol motifs (C(OH)–C–C–N with tert-alkyl or cyclic N) is 1. The highest BCUT2D eigenvalue weighted by Crippen LogP contribution is 2.26. The molecule has 1 saturated heterocycles. The summed E-state index contributed by atoms with van der Waals surface area (Å²) < 4.78 is 12.6. The van der Waals surface area contributed by atoms with Crippen LogP contribution in [0.1, 0.15) is 23.2 Å². The van der Waals surface area contributed by atoms with Gasteiger partial charge in [-0.2, -0.15) is 0 Å². The Morgan fingerprint density at radius 2 is 1.97 bits per heavy atom. The molecule has 0 radical (unpaired) electrons. The van der Waals surface area contributed by atoms with Crippen molar-refractivity contribution < 1.29 is 14.4 Å². The highest BCUT2D eigenvalue weighted by atomic mass is 32.1. The van der Waals surface area contributed by atoms with Crippen LogP contribution in [0.15, 0.2) is 53.1 Å². The molecule has 4 aromatic rings. The third kappa shape index (κ3) is 5.90. The smallest absolute Gasteiger partial charge is 0.167 e. The molecule has 7 nitrogen and oxygen atoms in total. The van der Waals surface area contributed by atoms with E-state index in [2.05, 4.69) is 58.1 Å². The zero-order valence-corrected chi connectivity index (χ0v) is 21.3. The van der Waals surface area contributed by atoms with Gasteiger partial charge in [0.15, 0.2) is 5.76 Å². The summed E-state index contributed by atoms with van der Waals surface area (Å²) in [6.07, 6.45) is -0.547. The van der Waals surface area contributed by atoms with E-state index in [1.807, 2.05) is 31.2 Å². The Balaban J connectivity index is 1.09. The van der Waals surface area contributed by atoms with Gasteiger partial charge in [0, 0.05) is 56.5 Å². The lowest BCUT2D eigenvalue weighted by Gasteiger charge is -2.40. The third-order valence-corrected chi connectivity index (χ3v) is 7.44. The lowest BCUT2D eigenvalue weighted by Crippen LogP contribution is -2.53. The summed E-state index contributed by atoms with van der Waals surface area (Å²) in [7, 11) is 0. The Morgan fingerprint density at radius 3 is 2.77 bits per heavy atom. The van der Waals surface area contributed by atoms with Crippen LogP contribution < -0.4 is 4.74 Å². The number of rotatable bonds is 8. The van der Waals surface area contributed by atoms with Crippen molar-refractivity contribution in [3.05, 3.63) is 64.8 Å². The van der Waals surface area contributed by atoms with Gasteiger partial charge in [0.1, 0.15) is 18.5 Å². The topological polar surface area (TPSA) is 74.9 Å². The van der Waals surface area contributed by atoms with Crippen LogP contribution >= 0.6 is 11.3 Å². The van der Waals surface area contributed by atoms with E-state index < -0.39 is 6.10 Å². The predicted octanol–water partition coefficient (Wildman–Crippen LogP) is 4.51. The largest absolute Gasteiger partial charge is 0.491 e. The summed E-state index contributed by atoms with van der Waals surface area (Å²) in [6, 6.07) is 16.6. The van der Waals surface area contributed by atoms with Crippen molar-refractivity contribution in [1.29, 1.82) is 0 Å². The summed E-state index contributed by atoms with van der Waals surface area (Å²) in [5.74, 6) is 1.55. The third-order valence-electron chi connectivity index (χ3n) is 6.49. The molecule has 1 aliphatic heterocycles. The van der Waals surface area contributed by atoms with Crippen molar-refractivity contribution in [3.8, 4) is 17.1 Å². The fourth-order valence-corrected chi connectivity index (χ4v) is 5.38. The molecule has 2 aromatic heterocycles. The number of aliphatic hydroxyl groups excluding tert-OH is 1. The number of nitrogens with zero attached hydrogens (tertiary/aromatic N) is 4. The van der Waals surface area contributed by atoms with Gasteiger partial charge >= 0.3 is 0 Å². The number of hydrogen-bond acceptors (Lipinski definition) is 8. The molecule has 1 N–H and O–H groups in total. The van der Waals surface area contributed by atoms with Gasteiger partial charge in [0.25, 0.3) is 0 Å². The van der Waals surface area contributed by atoms with Crippen LogP contribution in [0.4, 0.5) is 0 Å². The van der Waals surface area contributed by atoms with Crippen LogP contribution in [0.5, 0.6) is 5.75 Å². The van der Waals surface area contributed by atoms with Crippen molar-refractivity contribution >= 4 is 21.6 Å². The Bertz CT molecular complexity index is 1270. The number of ether oxygens (including phenoxy) is 1. The monoisotopic (exact) mass is 492 g/mol. The number of piperazine rings is 1. The molecule has 0 spiro atoms. The van der Waals surface area contributed by atoms with E-state index in [-0.39, 0.29) is 6.61 Å². The highest BCUT2D eigenvalue weighted by molar-refractivity contribution is 7.18. The van der Waals surface area contributed by atoms with Gasteiger partial charge in [-0.3, -0.25) is 9.80 Å². The molecule has 1 aliphatic rings. The van der Waals surface area contributed by atoms with Crippen molar-refractivity contribution in [2.75, 3.05) is 32.8 Å². The second kappa shape index (κ2) is 10.5. The molecule has 35 heavy (non-hydrogen) atoms. The Labute approximate surface area is 209 Å². The molecule has 2 atom stereocenters. The first-order valence-corrected chi connectivity index (χ1v) is 12.9. The second-order valence-electron chi connectivity index (χ2n) is 9.45. The van der Waals surface area contributed by atoms with Gasteiger partial charge in [-0.15, -0.1) is 11.3 Å². The zero-order chi connectivity index (χ0) is 24.4. The van der Waals surface area contributed by atoms with Gasteiger partial charge < -0.3 is 14.4 Å². The normalized spacial score (nSPS) is 18.2. The second-order valence-corrected chi connectivity index (χ2v) is 10.7. The van der Waals surface area contributed by atoms with E-state index in [4.69, 9.17) is 9.26 Å². The van der Waals surface area contributed by atoms with Gasteiger partial charge in [0.2, 0.25) is 0 Å². The molecule has 184 valence electrons. The Kier molecular flexibility index (Phi) is 7.15. The van der Waals surface area contributed by atoms with Crippen LogP contribution in [0.25, 0.3) is 21.5 Å². The molecule has 8 heteroatoms. The van der Waals surface area contributed by atoms with Crippen molar-refractivity contribution in [2.45, 2.75) is 39.5 Å². The first-order valence-electron chi connectivity index (χ1n) is 12.1. The van der Waals surface area contributed by atoms with Crippen LogP contribution in [0.3, 0.4) is 0 Å². The van der Waals surface area contributed by atoms with Crippen molar-refractivity contribution in [3.63, 3.8) is 0 Å². The SMILES string of the molecule is Cc1ccc(-c2cc(CN3CCN(C[C@@H](O)COc4ccc5sc(C)nc5c4)C[C@@H]3C)no2)cc1. The number of thiazole rings is 1. The van der Waals surface area contributed by atoms with Crippen molar-refractivity contribution in [1.82, 2.24) is 19.9 Å². The molecule has 0 amide bonds. The number of aliphatic hydroxyl groups is 1. The van der Waals surface area contributed by atoms with Crippen LogP contribution in [0, 0.1) is 13.8 Å². The van der Waals surface area contributed by atoms with Gasteiger partial charge in [-0.05, 0) is 32.9 Å². The maximum Gasteiger partial charge on any atom is 0.167 e. The zero-order valence-electron chi connectivity index (χ0n) is 20.5. The first-order chi connectivity index (χ1) is 16.9. The van der Waals surface area contributed by atoms with Crippen LogP contribution in [-0.2, 0) is 6.54 Å². The standard InChI is InChI=1S/C27H32N4O3S/c1-18-4-6-21(7-5-18)26-12-22(29-34-26)15-31-11-10-30(14-19(31)2)16-23(32)17-33-24-8-9-27-25(13-24)28-20(3)35-27/h4-9,12-13,19,23,32H,10-11,14-17H2,1-3H3/t19-,23+/m0/s1. The number of aromatic nitrogens is 2. The molecule has 3 heterocycles. The Morgan fingerprint density at radius 1 is 1.14 bits per heavy atom.